The first kappa shape index (κ1) is 52.9. The Balaban J connectivity index is 4.16. The Hall–Kier alpha value is -2.11. The van der Waals surface area contributed by atoms with E-state index in [0.29, 0.717) is 12.8 Å². The molecule has 0 fully saturated rings. The molecule has 0 aromatic heterocycles. The van der Waals surface area contributed by atoms with E-state index >= 15 is 0 Å². The van der Waals surface area contributed by atoms with Crippen LogP contribution in [0, 0.1) is 0 Å². The van der Waals surface area contributed by atoms with Gasteiger partial charge < -0.3 is 15.2 Å². The minimum absolute atomic E-state index is 0.0106. The lowest BCUT2D eigenvalue weighted by Crippen LogP contribution is -2.28. The third-order valence-corrected chi connectivity index (χ3v) is 10.8. The van der Waals surface area contributed by atoms with Gasteiger partial charge in [0.05, 0.1) is 0 Å². The minimum Gasteiger partial charge on any atom is -0.480 e. The summed E-state index contributed by atoms with van der Waals surface area (Å²) < 4.78 is 6.05. The molecule has 0 aliphatic rings. The number of hydrogen-bond acceptors (Lipinski definition) is 4. The average Bonchev–Trinajstić information content (AvgIpc) is 3.17. The highest BCUT2D eigenvalue weighted by Gasteiger charge is 2.14. The summed E-state index contributed by atoms with van der Waals surface area (Å²) in [5.41, 5.74) is 0. The molecule has 0 saturated carbocycles. The van der Waals surface area contributed by atoms with E-state index in [1.807, 2.05) is 0 Å². The molecule has 322 valence electrons. The van der Waals surface area contributed by atoms with Crippen LogP contribution >= 0.6 is 0 Å². The molecule has 0 bridgehead atoms. The molecule has 0 radical (unpaired) electrons. The van der Waals surface area contributed by atoms with Crippen LogP contribution in [0.15, 0.2) is 24.3 Å². The first-order valence-electron chi connectivity index (χ1n) is 24.0. The van der Waals surface area contributed by atoms with Gasteiger partial charge in [-0.05, 0) is 89.9 Å². The van der Waals surface area contributed by atoms with Gasteiger partial charge >= 0.3 is 11.9 Å². The topological polar surface area (TPSA) is 92.7 Å². The van der Waals surface area contributed by atoms with Crippen LogP contribution in [-0.4, -0.2) is 35.6 Å². The molecule has 1 atom stereocenters. The molecule has 1 amide bonds. The standard InChI is InChI=1S/C49H91NO5/c1-3-5-7-9-11-13-15-17-19-20-21-23-25-27-29-31-36-40-44-49(54)55-46(42-38-34-32-35-39-43-47(51)50-45-48(52)53)41-37-33-30-28-26-24-22-18-16-14-12-10-8-6-4-2/h19-20,24,26,46H,3-18,21-23,25,27-45H2,1-2H3,(H,50,51)(H,52,53)/b20-19-,26-24-. The molecule has 0 rings (SSSR count). The van der Waals surface area contributed by atoms with Crippen molar-refractivity contribution in [2.45, 2.75) is 264 Å². The second kappa shape index (κ2) is 44.6. The van der Waals surface area contributed by atoms with E-state index in [2.05, 4.69) is 43.5 Å². The molecule has 6 nitrogen and oxygen atoms in total. The Morgan fingerprint density at radius 3 is 1.18 bits per heavy atom. The van der Waals surface area contributed by atoms with E-state index in [1.165, 1.54) is 161 Å². The normalized spacial score (nSPS) is 12.2. The molecule has 0 aromatic carbocycles. The average molecular weight is 774 g/mol. The summed E-state index contributed by atoms with van der Waals surface area (Å²) in [6.45, 7) is 4.24. The summed E-state index contributed by atoms with van der Waals surface area (Å²) in [5.74, 6) is -1.23. The fraction of sp³-hybridized carbons (Fsp3) is 0.857. The number of rotatable bonds is 44. The van der Waals surface area contributed by atoms with Gasteiger partial charge in [-0.2, -0.15) is 0 Å². The van der Waals surface area contributed by atoms with Gasteiger partial charge in [0.1, 0.15) is 12.6 Å². The van der Waals surface area contributed by atoms with Gasteiger partial charge in [0, 0.05) is 12.8 Å². The van der Waals surface area contributed by atoms with Crippen LogP contribution in [0.5, 0.6) is 0 Å². The maximum atomic E-state index is 12.8. The number of carboxylic acid groups (broad SMARTS) is 1. The fourth-order valence-electron chi connectivity index (χ4n) is 7.27. The third-order valence-electron chi connectivity index (χ3n) is 10.8. The van der Waals surface area contributed by atoms with Crippen molar-refractivity contribution in [3.05, 3.63) is 24.3 Å². The number of amides is 1. The Bertz CT molecular complexity index is 900. The summed E-state index contributed by atoms with van der Waals surface area (Å²) >= 11 is 0. The van der Waals surface area contributed by atoms with Crippen LogP contribution in [0.4, 0.5) is 0 Å². The van der Waals surface area contributed by atoms with Gasteiger partial charge in [0.2, 0.25) is 5.91 Å². The lowest BCUT2D eigenvalue weighted by atomic mass is 10.0. The maximum absolute atomic E-state index is 12.8. The second-order valence-corrected chi connectivity index (χ2v) is 16.4. The predicted octanol–water partition coefficient (Wildman–Crippen LogP) is 15.1. The summed E-state index contributed by atoms with van der Waals surface area (Å²) in [7, 11) is 0. The second-order valence-electron chi connectivity index (χ2n) is 16.4. The first-order valence-corrected chi connectivity index (χ1v) is 24.0. The molecule has 1 unspecified atom stereocenters. The van der Waals surface area contributed by atoms with Gasteiger partial charge in [-0.15, -0.1) is 0 Å². The van der Waals surface area contributed by atoms with Crippen molar-refractivity contribution in [1.29, 1.82) is 0 Å². The zero-order valence-corrected chi connectivity index (χ0v) is 36.5. The number of allylic oxidation sites excluding steroid dienone is 4. The Labute approximate surface area is 341 Å². The van der Waals surface area contributed by atoms with Crippen molar-refractivity contribution in [3.63, 3.8) is 0 Å². The fourth-order valence-corrected chi connectivity index (χ4v) is 7.27. The van der Waals surface area contributed by atoms with Crippen LogP contribution in [0.3, 0.4) is 0 Å². The van der Waals surface area contributed by atoms with Crippen molar-refractivity contribution < 1.29 is 24.2 Å². The minimum atomic E-state index is -1.02. The smallest absolute Gasteiger partial charge is 0.322 e. The molecule has 0 saturated heterocycles. The number of aliphatic carboxylic acids is 1. The number of ether oxygens (including phenoxy) is 1. The number of carboxylic acids is 1. The van der Waals surface area contributed by atoms with Crippen molar-refractivity contribution in [2.24, 2.45) is 0 Å². The lowest BCUT2D eigenvalue weighted by Gasteiger charge is -2.18. The van der Waals surface area contributed by atoms with Crippen LogP contribution in [0.2, 0.25) is 0 Å². The SMILES string of the molecule is CCCCCCCCC/C=C\CCCCCCCCCC(=O)OC(CCCCC/C=C\CCCCCCCCCC)CCCCCCCC(=O)NCC(=O)O. The van der Waals surface area contributed by atoms with E-state index in [4.69, 9.17) is 9.84 Å². The van der Waals surface area contributed by atoms with Gasteiger partial charge in [-0.1, -0.05) is 179 Å². The van der Waals surface area contributed by atoms with Crippen molar-refractivity contribution in [1.82, 2.24) is 5.32 Å². The zero-order chi connectivity index (χ0) is 40.1. The van der Waals surface area contributed by atoms with E-state index in [9.17, 15) is 14.4 Å². The van der Waals surface area contributed by atoms with Gasteiger partial charge in [-0.3, -0.25) is 14.4 Å². The highest BCUT2D eigenvalue weighted by Crippen LogP contribution is 2.19. The van der Waals surface area contributed by atoms with Crippen molar-refractivity contribution in [3.8, 4) is 0 Å². The first-order chi connectivity index (χ1) is 27.0. The summed E-state index contributed by atoms with van der Waals surface area (Å²) in [6, 6.07) is 0. The predicted molar refractivity (Wildman–Crippen MR) is 236 cm³/mol. The zero-order valence-electron chi connectivity index (χ0n) is 36.5. The Morgan fingerprint density at radius 2 is 0.782 bits per heavy atom. The monoisotopic (exact) mass is 774 g/mol. The third kappa shape index (κ3) is 44.5. The number of nitrogens with one attached hydrogen (secondary N) is 1. The van der Waals surface area contributed by atoms with E-state index in [1.54, 1.807) is 0 Å². The van der Waals surface area contributed by atoms with Crippen LogP contribution in [0.25, 0.3) is 0 Å². The maximum Gasteiger partial charge on any atom is 0.322 e. The molecule has 6 heteroatoms. The summed E-state index contributed by atoms with van der Waals surface area (Å²) in [5, 5.41) is 11.1. The number of carbonyl (C=O) groups excluding carboxylic acids is 2. The molecule has 2 N–H and O–H groups in total. The Morgan fingerprint density at radius 1 is 0.455 bits per heavy atom. The van der Waals surface area contributed by atoms with E-state index in [-0.39, 0.29) is 24.5 Å². The molecular formula is C49H91NO5. The molecule has 0 aliphatic carbocycles. The highest BCUT2D eigenvalue weighted by atomic mass is 16.5. The highest BCUT2D eigenvalue weighted by molar-refractivity contribution is 5.80. The number of unbranched alkanes of at least 4 members (excludes halogenated alkanes) is 29. The van der Waals surface area contributed by atoms with Crippen LogP contribution in [-0.2, 0) is 19.1 Å². The largest absolute Gasteiger partial charge is 0.480 e. The number of hydrogen-bond donors (Lipinski definition) is 2. The lowest BCUT2D eigenvalue weighted by molar-refractivity contribution is -0.150. The summed E-state index contributed by atoms with van der Waals surface area (Å²) in [4.78, 5) is 35.1. The Kier molecular flexibility index (Phi) is 42.9. The van der Waals surface area contributed by atoms with Crippen LogP contribution < -0.4 is 5.32 Å². The molecule has 0 aromatic rings. The number of carbonyl (C=O) groups is 3. The van der Waals surface area contributed by atoms with E-state index in [0.717, 1.165) is 70.6 Å². The van der Waals surface area contributed by atoms with Gasteiger partial charge in [0.25, 0.3) is 0 Å². The van der Waals surface area contributed by atoms with Crippen LogP contribution in [0.1, 0.15) is 258 Å². The summed E-state index contributed by atoms with van der Waals surface area (Å²) in [6.07, 6.45) is 54.5. The molecule has 0 heterocycles. The van der Waals surface area contributed by atoms with Gasteiger partial charge in [0.15, 0.2) is 0 Å². The number of esters is 1. The van der Waals surface area contributed by atoms with Crippen molar-refractivity contribution in [2.75, 3.05) is 6.54 Å². The van der Waals surface area contributed by atoms with Gasteiger partial charge in [-0.25, -0.2) is 0 Å². The quantitative estimate of drug-likeness (QED) is 0.0365. The molecule has 0 spiro atoms. The molecular weight excluding hydrogens is 683 g/mol. The molecule has 0 aliphatic heterocycles. The van der Waals surface area contributed by atoms with Crippen molar-refractivity contribution >= 4 is 17.8 Å². The molecule has 55 heavy (non-hydrogen) atoms. The van der Waals surface area contributed by atoms with E-state index < -0.39 is 5.97 Å².